The molecule has 0 aliphatic heterocycles. The zero-order chi connectivity index (χ0) is 18.6. The van der Waals surface area contributed by atoms with Gasteiger partial charge in [0.1, 0.15) is 0 Å². The van der Waals surface area contributed by atoms with Crippen molar-refractivity contribution in [3.63, 3.8) is 0 Å². The molecule has 0 aliphatic carbocycles. The summed E-state index contributed by atoms with van der Waals surface area (Å²) in [6.07, 6.45) is -1.10. The minimum absolute atomic E-state index is 0.204. The SMILES string of the molecule is O=C(NC(OCc1ccccc1)C(Cl)(Cl)Cl)c1cccc2ccccc12. The van der Waals surface area contributed by atoms with Crippen molar-refractivity contribution in [2.24, 2.45) is 0 Å². The van der Waals surface area contributed by atoms with Crippen molar-refractivity contribution >= 4 is 51.5 Å². The summed E-state index contributed by atoms with van der Waals surface area (Å²) in [4.78, 5) is 12.8. The Balaban J connectivity index is 1.79. The number of hydrogen-bond donors (Lipinski definition) is 1. The smallest absolute Gasteiger partial charge is 0.254 e. The van der Waals surface area contributed by atoms with Gasteiger partial charge in [0, 0.05) is 5.56 Å². The van der Waals surface area contributed by atoms with Crippen LogP contribution in [0.15, 0.2) is 72.8 Å². The van der Waals surface area contributed by atoms with E-state index in [1.807, 2.05) is 66.7 Å². The van der Waals surface area contributed by atoms with E-state index in [1.165, 1.54) is 0 Å². The largest absolute Gasteiger partial charge is 0.349 e. The molecule has 0 spiro atoms. The van der Waals surface area contributed by atoms with Crippen LogP contribution < -0.4 is 5.32 Å². The predicted molar refractivity (Wildman–Crippen MR) is 107 cm³/mol. The molecule has 1 unspecified atom stereocenters. The van der Waals surface area contributed by atoms with E-state index in [2.05, 4.69) is 5.32 Å². The summed E-state index contributed by atoms with van der Waals surface area (Å²) in [6, 6.07) is 22.5. The van der Waals surface area contributed by atoms with Gasteiger partial charge in [-0.1, -0.05) is 102 Å². The van der Waals surface area contributed by atoms with Crippen LogP contribution in [0.1, 0.15) is 15.9 Å². The maximum absolute atomic E-state index is 12.8. The highest BCUT2D eigenvalue weighted by Gasteiger charge is 2.35. The number of hydrogen-bond acceptors (Lipinski definition) is 2. The number of halogens is 3. The molecular weight excluding hydrogens is 393 g/mol. The first-order valence-corrected chi connectivity index (χ1v) is 9.09. The van der Waals surface area contributed by atoms with E-state index >= 15 is 0 Å². The maximum Gasteiger partial charge on any atom is 0.254 e. The summed E-state index contributed by atoms with van der Waals surface area (Å²) in [5.74, 6) is -0.369. The van der Waals surface area contributed by atoms with Crippen molar-refractivity contribution in [3.8, 4) is 0 Å². The van der Waals surface area contributed by atoms with Crippen LogP contribution in [0.25, 0.3) is 10.8 Å². The molecule has 0 bridgehead atoms. The average molecular weight is 409 g/mol. The lowest BCUT2D eigenvalue weighted by Crippen LogP contribution is -2.45. The first-order chi connectivity index (χ1) is 12.4. The van der Waals surface area contributed by atoms with Gasteiger partial charge < -0.3 is 10.1 Å². The summed E-state index contributed by atoms with van der Waals surface area (Å²) in [5.41, 5.74) is 1.40. The standard InChI is InChI=1S/C20H16Cl3NO2/c21-20(22,23)19(26-13-14-7-2-1-3-8-14)24-18(25)17-12-6-10-15-9-4-5-11-16(15)17/h1-12,19H,13H2,(H,24,25). The molecule has 3 rings (SSSR count). The Morgan fingerprint density at radius 3 is 2.31 bits per heavy atom. The van der Waals surface area contributed by atoms with Gasteiger partial charge in [0.25, 0.3) is 5.91 Å². The fraction of sp³-hybridized carbons (Fsp3) is 0.150. The van der Waals surface area contributed by atoms with Gasteiger partial charge in [-0.25, -0.2) is 0 Å². The van der Waals surface area contributed by atoms with Gasteiger partial charge in [-0.3, -0.25) is 4.79 Å². The van der Waals surface area contributed by atoms with Gasteiger partial charge in [0.05, 0.1) is 6.61 Å². The molecule has 0 radical (unpaired) electrons. The average Bonchev–Trinajstić information content (AvgIpc) is 2.64. The van der Waals surface area contributed by atoms with E-state index in [0.717, 1.165) is 16.3 Å². The summed E-state index contributed by atoms with van der Waals surface area (Å²) in [7, 11) is 0. The molecule has 0 saturated heterocycles. The van der Waals surface area contributed by atoms with Gasteiger partial charge in [0.2, 0.25) is 3.79 Å². The van der Waals surface area contributed by atoms with E-state index in [-0.39, 0.29) is 12.5 Å². The molecule has 0 heterocycles. The molecule has 1 atom stereocenters. The molecule has 26 heavy (non-hydrogen) atoms. The Hall–Kier alpha value is -1.78. The summed E-state index contributed by atoms with van der Waals surface area (Å²) < 4.78 is 3.86. The third-order valence-electron chi connectivity index (χ3n) is 3.85. The van der Waals surface area contributed by atoms with Gasteiger partial charge in [-0.2, -0.15) is 0 Å². The first-order valence-electron chi connectivity index (χ1n) is 7.96. The fourth-order valence-corrected chi connectivity index (χ4v) is 2.94. The molecule has 1 N–H and O–H groups in total. The highest BCUT2D eigenvalue weighted by atomic mass is 35.6. The molecule has 3 aromatic rings. The number of rotatable bonds is 5. The van der Waals surface area contributed by atoms with Crippen LogP contribution in [0.2, 0.25) is 0 Å². The van der Waals surface area contributed by atoms with Crippen molar-refractivity contribution < 1.29 is 9.53 Å². The molecule has 0 aliphatic rings. The van der Waals surface area contributed by atoms with Crippen LogP contribution in [0.5, 0.6) is 0 Å². The van der Waals surface area contributed by atoms with E-state index in [0.29, 0.717) is 5.56 Å². The Kier molecular flexibility index (Phi) is 6.05. The van der Waals surface area contributed by atoms with E-state index in [4.69, 9.17) is 39.5 Å². The Labute approximate surface area is 166 Å². The zero-order valence-electron chi connectivity index (χ0n) is 13.7. The van der Waals surface area contributed by atoms with Crippen LogP contribution in [0.4, 0.5) is 0 Å². The number of amides is 1. The molecule has 3 nitrogen and oxygen atoms in total. The number of ether oxygens (including phenoxy) is 1. The van der Waals surface area contributed by atoms with Crippen molar-refractivity contribution in [2.45, 2.75) is 16.6 Å². The summed E-state index contributed by atoms with van der Waals surface area (Å²) >= 11 is 18.0. The van der Waals surface area contributed by atoms with Gasteiger partial charge in [-0.05, 0) is 22.4 Å². The van der Waals surface area contributed by atoms with Crippen molar-refractivity contribution in [3.05, 3.63) is 83.9 Å². The van der Waals surface area contributed by atoms with Crippen LogP contribution >= 0.6 is 34.8 Å². The molecule has 1 amide bonds. The minimum atomic E-state index is -1.81. The molecule has 6 heteroatoms. The fourth-order valence-electron chi connectivity index (χ4n) is 2.59. The number of benzene rings is 3. The highest BCUT2D eigenvalue weighted by molar-refractivity contribution is 6.68. The topological polar surface area (TPSA) is 38.3 Å². The van der Waals surface area contributed by atoms with Gasteiger partial charge in [-0.15, -0.1) is 0 Å². The monoisotopic (exact) mass is 407 g/mol. The molecule has 0 fully saturated rings. The number of nitrogens with one attached hydrogen (secondary N) is 1. The third kappa shape index (κ3) is 4.68. The first kappa shape index (κ1) is 19.0. The van der Waals surface area contributed by atoms with Crippen LogP contribution in [0, 0.1) is 0 Å². The Morgan fingerprint density at radius 2 is 1.58 bits per heavy atom. The summed E-state index contributed by atoms with van der Waals surface area (Å²) in [5, 5.41) is 4.45. The maximum atomic E-state index is 12.8. The third-order valence-corrected chi connectivity index (χ3v) is 4.45. The van der Waals surface area contributed by atoms with Crippen molar-refractivity contribution in [1.82, 2.24) is 5.32 Å². The predicted octanol–water partition coefficient (Wildman–Crippen LogP) is 5.48. The second-order valence-corrected chi connectivity index (χ2v) is 8.09. The second-order valence-electron chi connectivity index (χ2n) is 5.72. The number of carbonyl (C=O) groups is 1. The Bertz CT molecular complexity index is 889. The quantitative estimate of drug-likeness (QED) is 0.448. The highest BCUT2D eigenvalue weighted by Crippen LogP contribution is 2.32. The summed E-state index contributed by atoms with van der Waals surface area (Å²) in [6.45, 7) is 0.204. The second kappa shape index (κ2) is 8.28. The normalized spacial score (nSPS) is 12.7. The lowest BCUT2D eigenvalue weighted by Gasteiger charge is -2.26. The van der Waals surface area contributed by atoms with Gasteiger partial charge in [0.15, 0.2) is 6.23 Å². The van der Waals surface area contributed by atoms with Crippen molar-refractivity contribution in [2.75, 3.05) is 0 Å². The van der Waals surface area contributed by atoms with Crippen LogP contribution in [0.3, 0.4) is 0 Å². The van der Waals surface area contributed by atoms with Crippen LogP contribution in [-0.4, -0.2) is 15.9 Å². The number of fused-ring (bicyclic) bond motifs is 1. The van der Waals surface area contributed by atoms with Crippen molar-refractivity contribution in [1.29, 1.82) is 0 Å². The molecule has 3 aromatic carbocycles. The molecule has 134 valence electrons. The van der Waals surface area contributed by atoms with Crippen LogP contribution in [-0.2, 0) is 11.3 Å². The van der Waals surface area contributed by atoms with E-state index in [9.17, 15) is 4.79 Å². The Morgan fingerprint density at radius 1 is 0.923 bits per heavy atom. The zero-order valence-corrected chi connectivity index (χ0v) is 15.9. The lowest BCUT2D eigenvalue weighted by atomic mass is 10.0. The molecular formula is C20H16Cl3NO2. The number of alkyl halides is 3. The molecule has 0 aromatic heterocycles. The minimum Gasteiger partial charge on any atom is -0.349 e. The molecule has 0 saturated carbocycles. The van der Waals surface area contributed by atoms with E-state index < -0.39 is 10.0 Å². The van der Waals surface area contributed by atoms with E-state index in [1.54, 1.807) is 6.07 Å². The van der Waals surface area contributed by atoms with Gasteiger partial charge >= 0.3 is 0 Å². The number of carbonyl (C=O) groups excluding carboxylic acids is 1. The lowest BCUT2D eigenvalue weighted by molar-refractivity contribution is 0.0199.